The molecule has 5 nitrogen and oxygen atoms in total. The molecule has 1 atom stereocenters. The smallest absolute Gasteiger partial charge is 0.243 e. The highest BCUT2D eigenvalue weighted by Crippen LogP contribution is 2.26. The molecule has 0 aliphatic carbocycles. The summed E-state index contributed by atoms with van der Waals surface area (Å²) in [5.74, 6) is -1.75. The van der Waals surface area contributed by atoms with Crippen LogP contribution in [0, 0.1) is 18.6 Å². The molecule has 0 bridgehead atoms. The van der Waals surface area contributed by atoms with Crippen LogP contribution in [0.1, 0.15) is 24.0 Å². The minimum absolute atomic E-state index is 0.160. The normalized spacial score (nSPS) is 17.6. The Bertz CT molecular complexity index is 942. The minimum atomic E-state index is -3.76. The van der Waals surface area contributed by atoms with Crippen LogP contribution in [-0.2, 0) is 21.2 Å². The summed E-state index contributed by atoms with van der Waals surface area (Å²) in [6.45, 7) is 2.31. The number of hydrogen-bond donors (Lipinski definition) is 1. The highest BCUT2D eigenvalue weighted by Gasteiger charge is 2.39. The Morgan fingerprint density at radius 1 is 1.14 bits per heavy atom. The first kappa shape index (κ1) is 20.4. The second kappa shape index (κ2) is 8.36. The fourth-order valence-corrected chi connectivity index (χ4v) is 5.00. The highest BCUT2D eigenvalue weighted by molar-refractivity contribution is 7.89. The second-order valence-electron chi connectivity index (χ2n) is 6.91. The van der Waals surface area contributed by atoms with E-state index in [9.17, 15) is 22.0 Å². The third-order valence-corrected chi connectivity index (χ3v) is 6.69. The van der Waals surface area contributed by atoms with E-state index < -0.39 is 33.6 Å². The molecule has 1 fully saturated rings. The Morgan fingerprint density at radius 3 is 2.43 bits per heavy atom. The van der Waals surface area contributed by atoms with Crippen LogP contribution >= 0.6 is 0 Å². The Kier molecular flexibility index (Phi) is 6.10. The summed E-state index contributed by atoms with van der Waals surface area (Å²) in [4.78, 5) is 12.7. The number of rotatable bonds is 6. The van der Waals surface area contributed by atoms with Crippen LogP contribution in [0.5, 0.6) is 0 Å². The number of nitrogens with zero attached hydrogens (tertiary/aromatic N) is 1. The van der Waals surface area contributed by atoms with Gasteiger partial charge in [-0.3, -0.25) is 4.79 Å². The number of hydrogen-bond acceptors (Lipinski definition) is 3. The van der Waals surface area contributed by atoms with E-state index in [-0.39, 0.29) is 24.4 Å². The van der Waals surface area contributed by atoms with Crippen molar-refractivity contribution < 1.29 is 22.0 Å². The summed E-state index contributed by atoms with van der Waals surface area (Å²) in [6, 6.07) is 8.93. The molecule has 0 radical (unpaired) electrons. The molecule has 3 rings (SSSR count). The van der Waals surface area contributed by atoms with E-state index in [2.05, 4.69) is 5.32 Å². The average Bonchev–Trinajstić information content (AvgIpc) is 3.12. The van der Waals surface area contributed by atoms with Gasteiger partial charge in [0.25, 0.3) is 0 Å². The van der Waals surface area contributed by atoms with Gasteiger partial charge in [0, 0.05) is 19.2 Å². The first-order valence-electron chi connectivity index (χ1n) is 9.08. The second-order valence-corrected chi connectivity index (χ2v) is 8.80. The fraction of sp³-hybridized carbons (Fsp3) is 0.350. The number of nitrogens with one attached hydrogen (secondary N) is 1. The molecule has 1 aliphatic rings. The van der Waals surface area contributed by atoms with Crippen molar-refractivity contribution >= 4 is 15.9 Å². The molecule has 1 N–H and O–H groups in total. The molecule has 2 aromatic carbocycles. The summed E-state index contributed by atoms with van der Waals surface area (Å²) >= 11 is 0. The lowest BCUT2D eigenvalue weighted by Crippen LogP contribution is -2.46. The van der Waals surface area contributed by atoms with Crippen molar-refractivity contribution in [2.75, 3.05) is 13.1 Å². The lowest BCUT2D eigenvalue weighted by Gasteiger charge is -2.23. The third kappa shape index (κ3) is 4.56. The average molecular weight is 408 g/mol. The fourth-order valence-electron chi connectivity index (χ4n) is 3.34. The van der Waals surface area contributed by atoms with Gasteiger partial charge in [0.15, 0.2) is 0 Å². The van der Waals surface area contributed by atoms with Gasteiger partial charge in [-0.25, -0.2) is 17.2 Å². The van der Waals surface area contributed by atoms with Crippen LogP contribution in [0.2, 0.25) is 0 Å². The predicted molar refractivity (Wildman–Crippen MR) is 101 cm³/mol. The maximum absolute atomic E-state index is 13.2. The monoisotopic (exact) mass is 408 g/mol. The van der Waals surface area contributed by atoms with Crippen molar-refractivity contribution in [1.29, 1.82) is 0 Å². The zero-order valence-corrected chi connectivity index (χ0v) is 16.3. The van der Waals surface area contributed by atoms with Crippen LogP contribution in [0.15, 0.2) is 47.4 Å². The van der Waals surface area contributed by atoms with Gasteiger partial charge >= 0.3 is 0 Å². The molecule has 28 heavy (non-hydrogen) atoms. The summed E-state index contributed by atoms with van der Waals surface area (Å²) in [7, 11) is -3.76. The van der Waals surface area contributed by atoms with Gasteiger partial charge in [0.2, 0.25) is 15.9 Å². The highest BCUT2D eigenvalue weighted by atomic mass is 32.2. The summed E-state index contributed by atoms with van der Waals surface area (Å²) in [5, 5.41) is 2.68. The van der Waals surface area contributed by atoms with Crippen molar-refractivity contribution in [3.05, 3.63) is 65.2 Å². The number of sulfonamides is 1. The molecule has 8 heteroatoms. The van der Waals surface area contributed by atoms with E-state index in [0.29, 0.717) is 18.4 Å². The van der Waals surface area contributed by atoms with E-state index >= 15 is 0 Å². The Labute approximate surface area is 163 Å². The molecule has 1 saturated heterocycles. The first-order chi connectivity index (χ1) is 13.3. The number of amides is 1. The van der Waals surface area contributed by atoms with Crippen molar-refractivity contribution in [3.8, 4) is 0 Å². The zero-order chi connectivity index (χ0) is 20.3. The van der Waals surface area contributed by atoms with Crippen molar-refractivity contribution in [1.82, 2.24) is 9.62 Å². The summed E-state index contributed by atoms with van der Waals surface area (Å²) < 4.78 is 53.5. The lowest BCUT2D eigenvalue weighted by atomic mass is 10.1. The topological polar surface area (TPSA) is 66.5 Å². The van der Waals surface area contributed by atoms with Crippen LogP contribution in [0.25, 0.3) is 0 Å². The molecular weight excluding hydrogens is 386 g/mol. The maximum atomic E-state index is 13.2. The molecule has 150 valence electrons. The van der Waals surface area contributed by atoms with Crippen LogP contribution in [-0.4, -0.2) is 37.8 Å². The van der Waals surface area contributed by atoms with E-state index in [1.807, 2.05) is 6.92 Å². The van der Waals surface area contributed by atoms with Gasteiger partial charge in [-0.1, -0.05) is 17.7 Å². The molecular formula is C20H22F2N2O3S. The van der Waals surface area contributed by atoms with Crippen LogP contribution < -0.4 is 5.32 Å². The number of aryl methyl sites for hydroxylation is 1. The van der Waals surface area contributed by atoms with Gasteiger partial charge in [0.05, 0.1) is 4.90 Å². The summed E-state index contributed by atoms with van der Waals surface area (Å²) in [6.07, 6.45) is 1.28. The van der Waals surface area contributed by atoms with Crippen molar-refractivity contribution in [2.24, 2.45) is 0 Å². The van der Waals surface area contributed by atoms with Crippen molar-refractivity contribution in [3.63, 3.8) is 0 Å². The number of carbonyl (C=O) groups is 1. The molecule has 1 heterocycles. The molecule has 0 aromatic heterocycles. The minimum Gasteiger partial charge on any atom is -0.354 e. The van der Waals surface area contributed by atoms with Gasteiger partial charge in [0.1, 0.15) is 17.7 Å². The standard InChI is InChI=1S/C20H22F2N2O3S/c1-14-4-6-18(7-5-14)28(26,27)24-10-2-3-19(24)20(25)23-9-8-15-11-16(21)13-17(22)12-15/h4-7,11-13,19H,2-3,8-10H2,1H3,(H,23,25)/t19-/m0/s1. The van der Waals surface area contributed by atoms with Crippen LogP contribution in [0.4, 0.5) is 8.78 Å². The predicted octanol–water partition coefficient (Wildman–Crippen LogP) is 2.79. The molecule has 0 unspecified atom stereocenters. The molecule has 2 aromatic rings. The molecule has 1 amide bonds. The summed E-state index contributed by atoms with van der Waals surface area (Å²) in [5.41, 5.74) is 1.37. The van der Waals surface area contributed by atoms with Gasteiger partial charge < -0.3 is 5.32 Å². The first-order valence-corrected chi connectivity index (χ1v) is 10.5. The van der Waals surface area contributed by atoms with Crippen molar-refractivity contribution in [2.45, 2.75) is 37.1 Å². The van der Waals surface area contributed by atoms with Gasteiger partial charge in [-0.15, -0.1) is 0 Å². The lowest BCUT2D eigenvalue weighted by molar-refractivity contribution is -0.124. The van der Waals surface area contributed by atoms with E-state index in [1.54, 1.807) is 12.1 Å². The van der Waals surface area contributed by atoms with E-state index in [1.165, 1.54) is 28.6 Å². The Morgan fingerprint density at radius 2 is 1.79 bits per heavy atom. The molecule has 1 aliphatic heterocycles. The number of halogens is 2. The largest absolute Gasteiger partial charge is 0.354 e. The van der Waals surface area contributed by atoms with E-state index in [4.69, 9.17) is 0 Å². The van der Waals surface area contributed by atoms with Gasteiger partial charge in [-0.2, -0.15) is 4.31 Å². The maximum Gasteiger partial charge on any atom is 0.243 e. The Balaban J connectivity index is 1.65. The van der Waals surface area contributed by atoms with Gasteiger partial charge in [-0.05, 0) is 56.0 Å². The molecule has 0 saturated carbocycles. The van der Waals surface area contributed by atoms with E-state index in [0.717, 1.165) is 11.6 Å². The Hall–Kier alpha value is -2.32. The molecule has 0 spiro atoms. The third-order valence-electron chi connectivity index (χ3n) is 4.77. The SMILES string of the molecule is Cc1ccc(S(=O)(=O)N2CCC[C@H]2C(=O)NCCc2cc(F)cc(F)c2)cc1. The van der Waals surface area contributed by atoms with Crippen LogP contribution in [0.3, 0.4) is 0 Å². The number of benzene rings is 2. The quantitative estimate of drug-likeness (QED) is 0.799. The number of carbonyl (C=O) groups excluding carboxylic acids is 1. The zero-order valence-electron chi connectivity index (χ0n) is 15.5.